The Morgan fingerprint density at radius 1 is 1.05 bits per heavy atom. The first kappa shape index (κ1) is 28.1. The lowest BCUT2D eigenvalue weighted by Gasteiger charge is -2.26. The second-order valence-electron chi connectivity index (χ2n) is 9.68. The molecule has 4 rings (SSSR count). The first-order valence-corrected chi connectivity index (χ1v) is 14.4. The van der Waals surface area contributed by atoms with Crippen LogP contribution in [0.15, 0.2) is 65.6 Å². The van der Waals surface area contributed by atoms with Crippen molar-refractivity contribution in [1.82, 2.24) is 5.32 Å². The Hall–Kier alpha value is -3.92. The maximum absolute atomic E-state index is 13.8. The van der Waals surface area contributed by atoms with Gasteiger partial charge in [0.2, 0.25) is 5.91 Å². The highest BCUT2D eigenvalue weighted by atomic mass is 32.2. The number of hydrogen-bond donors (Lipinski definition) is 1. The molecule has 39 heavy (non-hydrogen) atoms. The number of nitrogens with one attached hydrogen (secondary N) is 1. The van der Waals surface area contributed by atoms with Gasteiger partial charge >= 0.3 is 0 Å². The van der Waals surface area contributed by atoms with Crippen LogP contribution < -0.4 is 14.4 Å². The van der Waals surface area contributed by atoms with Crippen LogP contribution in [-0.2, 0) is 27.7 Å². The van der Waals surface area contributed by atoms with E-state index in [1.54, 1.807) is 12.1 Å². The summed E-state index contributed by atoms with van der Waals surface area (Å²) >= 11 is 0. The summed E-state index contributed by atoms with van der Waals surface area (Å²) in [4.78, 5) is 23.9. The van der Waals surface area contributed by atoms with Gasteiger partial charge in [0.15, 0.2) is 0 Å². The van der Waals surface area contributed by atoms with Crippen LogP contribution in [0.3, 0.4) is 0 Å². The Labute approximate surface area is 229 Å². The van der Waals surface area contributed by atoms with Crippen molar-refractivity contribution in [2.45, 2.75) is 56.9 Å². The van der Waals surface area contributed by atoms with E-state index in [4.69, 9.17) is 4.74 Å². The molecule has 1 N–H and O–H groups in total. The third-order valence-corrected chi connectivity index (χ3v) is 8.90. The molecule has 0 radical (unpaired) electrons. The van der Waals surface area contributed by atoms with Crippen molar-refractivity contribution in [2.75, 3.05) is 18.0 Å². The van der Waals surface area contributed by atoms with Gasteiger partial charge in [0.25, 0.3) is 15.7 Å². The van der Waals surface area contributed by atoms with E-state index < -0.39 is 27.4 Å². The van der Waals surface area contributed by atoms with Crippen LogP contribution in [-0.4, -0.2) is 32.9 Å². The van der Waals surface area contributed by atoms with Gasteiger partial charge in [-0.05, 0) is 86.1 Å². The molecule has 0 bridgehead atoms. The number of benzene rings is 3. The van der Waals surface area contributed by atoms with E-state index in [0.717, 1.165) is 35.2 Å². The fourth-order valence-corrected chi connectivity index (χ4v) is 6.34. The number of sulfonamides is 1. The molecule has 9 nitrogen and oxygen atoms in total. The molecule has 206 valence electrons. The van der Waals surface area contributed by atoms with Gasteiger partial charge < -0.3 is 10.1 Å². The van der Waals surface area contributed by atoms with Crippen LogP contribution in [0.5, 0.6) is 5.75 Å². The van der Waals surface area contributed by atoms with Crippen molar-refractivity contribution in [3.63, 3.8) is 0 Å². The van der Waals surface area contributed by atoms with Gasteiger partial charge in [0, 0.05) is 11.6 Å². The summed E-state index contributed by atoms with van der Waals surface area (Å²) in [6.07, 6.45) is 5.03. The lowest BCUT2D eigenvalue weighted by atomic mass is 9.89. The van der Waals surface area contributed by atoms with Crippen molar-refractivity contribution in [2.24, 2.45) is 0 Å². The number of carbonyl (C=O) groups is 1. The maximum Gasteiger partial charge on any atom is 0.273 e. The number of nitro benzene ring substituents is 1. The van der Waals surface area contributed by atoms with Gasteiger partial charge in [0.05, 0.1) is 28.7 Å². The predicted molar refractivity (Wildman–Crippen MR) is 150 cm³/mol. The Balaban J connectivity index is 1.64. The standard InChI is InChI=1S/C29H33N3O6S/c1-4-27(23-11-10-21-7-5-6-8-22(21)17-23)30-29(33)19-31(24-12-14-25(38-3)15-13-24)39(36,37)26-16-9-20(2)28(18-26)32(34)35/h9-18,27H,4-8,19H2,1-3H3,(H,30,33)/t27-/m0/s1. The molecule has 3 aromatic rings. The van der Waals surface area contributed by atoms with Crippen LogP contribution in [0.25, 0.3) is 0 Å². The highest BCUT2D eigenvalue weighted by Gasteiger charge is 2.30. The van der Waals surface area contributed by atoms with Gasteiger partial charge in [-0.25, -0.2) is 8.42 Å². The van der Waals surface area contributed by atoms with E-state index >= 15 is 0 Å². The number of fused-ring (bicyclic) bond motifs is 1. The summed E-state index contributed by atoms with van der Waals surface area (Å²) in [5.41, 5.74) is 3.89. The molecule has 0 fully saturated rings. The van der Waals surface area contributed by atoms with E-state index in [0.29, 0.717) is 17.7 Å². The van der Waals surface area contributed by atoms with Crippen LogP contribution in [0.4, 0.5) is 11.4 Å². The summed E-state index contributed by atoms with van der Waals surface area (Å²) < 4.78 is 33.7. The number of nitro groups is 1. The highest BCUT2D eigenvalue weighted by molar-refractivity contribution is 7.92. The second kappa shape index (κ2) is 11.9. The molecule has 0 spiro atoms. The summed E-state index contributed by atoms with van der Waals surface area (Å²) in [5.74, 6) is 0.0329. The average Bonchev–Trinajstić information content (AvgIpc) is 2.94. The van der Waals surface area contributed by atoms with Crippen LogP contribution >= 0.6 is 0 Å². The fraction of sp³-hybridized carbons (Fsp3) is 0.345. The molecular formula is C29H33N3O6S. The van der Waals surface area contributed by atoms with Crippen LogP contribution in [0, 0.1) is 17.0 Å². The number of amides is 1. The molecule has 1 amide bonds. The first-order valence-electron chi connectivity index (χ1n) is 13.0. The van der Waals surface area contributed by atoms with Crippen molar-refractivity contribution >= 4 is 27.3 Å². The minimum absolute atomic E-state index is 0.232. The quantitative estimate of drug-likeness (QED) is 0.271. The van der Waals surface area contributed by atoms with E-state index in [1.807, 2.05) is 13.0 Å². The van der Waals surface area contributed by atoms with E-state index in [9.17, 15) is 23.3 Å². The molecule has 1 atom stereocenters. The minimum atomic E-state index is -4.33. The molecule has 1 aliphatic rings. The molecule has 0 aliphatic heterocycles. The summed E-state index contributed by atoms with van der Waals surface area (Å²) in [7, 11) is -2.84. The van der Waals surface area contributed by atoms with E-state index in [-0.39, 0.29) is 22.3 Å². The molecular weight excluding hydrogens is 518 g/mol. The van der Waals surface area contributed by atoms with Gasteiger partial charge in [-0.2, -0.15) is 0 Å². The molecule has 10 heteroatoms. The zero-order valence-corrected chi connectivity index (χ0v) is 23.2. The van der Waals surface area contributed by atoms with Crippen LogP contribution in [0.2, 0.25) is 0 Å². The number of nitrogens with zero attached hydrogens (tertiary/aromatic N) is 2. The Morgan fingerprint density at radius 2 is 1.74 bits per heavy atom. The third kappa shape index (κ3) is 6.22. The van der Waals surface area contributed by atoms with Gasteiger partial charge in [0.1, 0.15) is 12.3 Å². The number of hydrogen-bond acceptors (Lipinski definition) is 6. The van der Waals surface area contributed by atoms with Gasteiger partial charge in [-0.1, -0.05) is 31.2 Å². The number of carbonyl (C=O) groups excluding carboxylic acids is 1. The van der Waals surface area contributed by atoms with E-state index in [2.05, 4.69) is 17.4 Å². The monoisotopic (exact) mass is 551 g/mol. The number of anilines is 1. The summed E-state index contributed by atoms with van der Waals surface area (Å²) in [6, 6.07) is 16.0. The first-order chi connectivity index (χ1) is 18.6. The topological polar surface area (TPSA) is 119 Å². The van der Waals surface area contributed by atoms with Crippen molar-refractivity contribution in [3.05, 3.63) is 93.0 Å². The fourth-order valence-electron chi connectivity index (χ4n) is 4.90. The van der Waals surface area contributed by atoms with E-state index in [1.165, 1.54) is 55.8 Å². The normalized spacial score (nSPS) is 13.7. The predicted octanol–water partition coefficient (Wildman–Crippen LogP) is 5.25. The molecule has 0 heterocycles. The highest BCUT2D eigenvalue weighted by Crippen LogP contribution is 2.30. The summed E-state index contributed by atoms with van der Waals surface area (Å²) in [5, 5.41) is 14.5. The van der Waals surface area contributed by atoms with Crippen molar-refractivity contribution < 1.29 is 22.9 Å². The summed E-state index contributed by atoms with van der Waals surface area (Å²) in [6.45, 7) is 3.00. The Morgan fingerprint density at radius 3 is 2.38 bits per heavy atom. The van der Waals surface area contributed by atoms with Crippen molar-refractivity contribution in [3.8, 4) is 5.75 Å². The zero-order valence-electron chi connectivity index (χ0n) is 22.3. The minimum Gasteiger partial charge on any atom is -0.497 e. The lowest BCUT2D eigenvalue weighted by molar-refractivity contribution is -0.385. The molecule has 0 saturated heterocycles. The SMILES string of the molecule is CC[C@H](NC(=O)CN(c1ccc(OC)cc1)S(=O)(=O)c1ccc(C)c([N+](=O)[O-])c1)c1ccc2c(c1)CCCC2. The van der Waals surface area contributed by atoms with Crippen molar-refractivity contribution in [1.29, 1.82) is 0 Å². The lowest BCUT2D eigenvalue weighted by Crippen LogP contribution is -2.42. The Bertz CT molecular complexity index is 1470. The van der Waals surface area contributed by atoms with Gasteiger partial charge in [-0.3, -0.25) is 19.2 Å². The number of aryl methyl sites for hydroxylation is 3. The maximum atomic E-state index is 13.8. The van der Waals surface area contributed by atoms with Crippen LogP contribution in [0.1, 0.15) is 54.5 Å². The number of rotatable bonds is 10. The smallest absolute Gasteiger partial charge is 0.273 e. The molecule has 0 unspecified atom stereocenters. The molecule has 0 aromatic heterocycles. The number of ether oxygens (including phenoxy) is 1. The Kier molecular flexibility index (Phi) is 8.54. The zero-order chi connectivity index (χ0) is 28.2. The number of methoxy groups -OCH3 is 1. The largest absolute Gasteiger partial charge is 0.497 e. The molecule has 1 aliphatic carbocycles. The molecule has 3 aromatic carbocycles. The van der Waals surface area contributed by atoms with Gasteiger partial charge in [-0.15, -0.1) is 0 Å². The average molecular weight is 552 g/mol. The third-order valence-electron chi connectivity index (χ3n) is 7.13. The second-order valence-corrected chi connectivity index (χ2v) is 11.5. The molecule has 0 saturated carbocycles.